The van der Waals surface area contributed by atoms with Crippen molar-refractivity contribution in [3.05, 3.63) is 64.7 Å². The fraction of sp³-hybridized carbons (Fsp3) is 0.440. The molecule has 0 bridgehead atoms. The van der Waals surface area contributed by atoms with Gasteiger partial charge >= 0.3 is 0 Å². The zero-order valence-corrected chi connectivity index (χ0v) is 18.3. The smallest absolute Gasteiger partial charge is 0.253 e. The molecule has 164 valence electrons. The second kappa shape index (κ2) is 9.20. The Hall–Kier alpha value is -2.70. The number of anilines is 1. The Balaban J connectivity index is 1.35. The Morgan fingerprint density at radius 1 is 1.06 bits per heavy atom. The quantitative estimate of drug-likeness (QED) is 0.726. The lowest BCUT2D eigenvalue weighted by molar-refractivity contribution is -0.109. The number of carbonyl (C=O) groups is 2. The number of hydrogen-bond donors (Lipinski definition) is 2. The van der Waals surface area contributed by atoms with Gasteiger partial charge in [0.25, 0.3) is 5.91 Å². The van der Waals surface area contributed by atoms with Gasteiger partial charge in [0.1, 0.15) is 6.29 Å². The third kappa shape index (κ3) is 4.81. The van der Waals surface area contributed by atoms with Crippen molar-refractivity contribution in [2.24, 2.45) is 5.92 Å². The molecule has 0 radical (unpaired) electrons. The molecule has 2 aromatic rings. The molecule has 3 unspecified atom stereocenters. The highest BCUT2D eigenvalue weighted by atomic mass is 16.3. The minimum absolute atomic E-state index is 0.00934. The second-order valence-electron chi connectivity index (χ2n) is 8.84. The molecular formula is C25H31N3O3. The van der Waals surface area contributed by atoms with E-state index in [-0.39, 0.29) is 17.9 Å². The molecule has 2 aromatic carbocycles. The van der Waals surface area contributed by atoms with Crippen LogP contribution in [0.3, 0.4) is 0 Å². The molecular weight excluding hydrogens is 390 g/mol. The summed E-state index contributed by atoms with van der Waals surface area (Å²) in [5.74, 6) is 0.0414. The average Bonchev–Trinajstić information content (AvgIpc) is 3.27. The van der Waals surface area contributed by atoms with Gasteiger partial charge in [-0.15, -0.1) is 0 Å². The second-order valence-corrected chi connectivity index (χ2v) is 8.84. The maximum absolute atomic E-state index is 13.0. The van der Waals surface area contributed by atoms with Crippen LogP contribution in [0.4, 0.5) is 5.69 Å². The Labute approximate surface area is 183 Å². The van der Waals surface area contributed by atoms with Crippen LogP contribution in [0, 0.1) is 19.8 Å². The summed E-state index contributed by atoms with van der Waals surface area (Å²) in [6, 6.07) is 13.7. The van der Waals surface area contributed by atoms with E-state index in [4.69, 9.17) is 0 Å². The minimum Gasteiger partial charge on any atom is -0.388 e. The van der Waals surface area contributed by atoms with Gasteiger partial charge in [0.05, 0.1) is 12.1 Å². The largest absolute Gasteiger partial charge is 0.388 e. The molecule has 2 aliphatic heterocycles. The molecule has 6 nitrogen and oxygen atoms in total. The van der Waals surface area contributed by atoms with E-state index in [1.807, 2.05) is 17.0 Å². The van der Waals surface area contributed by atoms with Crippen molar-refractivity contribution in [1.82, 2.24) is 10.2 Å². The van der Waals surface area contributed by atoms with E-state index in [2.05, 4.69) is 42.3 Å². The van der Waals surface area contributed by atoms with Crippen LogP contribution in [0.1, 0.15) is 39.6 Å². The zero-order valence-electron chi connectivity index (χ0n) is 18.3. The third-order valence-corrected chi connectivity index (χ3v) is 6.45. The molecule has 31 heavy (non-hydrogen) atoms. The Kier molecular flexibility index (Phi) is 6.39. The molecule has 2 aliphatic rings. The average molecular weight is 422 g/mol. The van der Waals surface area contributed by atoms with Crippen LogP contribution in [-0.2, 0) is 4.79 Å². The Morgan fingerprint density at radius 3 is 2.29 bits per heavy atom. The van der Waals surface area contributed by atoms with Crippen LogP contribution in [0.15, 0.2) is 42.5 Å². The molecule has 2 N–H and O–H groups in total. The summed E-state index contributed by atoms with van der Waals surface area (Å²) in [7, 11) is 0. The van der Waals surface area contributed by atoms with Crippen LogP contribution < -0.4 is 10.2 Å². The van der Waals surface area contributed by atoms with E-state index in [9.17, 15) is 14.7 Å². The Morgan fingerprint density at radius 2 is 1.71 bits per heavy atom. The molecule has 0 saturated carbocycles. The van der Waals surface area contributed by atoms with Gasteiger partial charge in [-0.2, -0.15) is 0 Å². The maximum atomic E-state index is 13.0. The first kappa shape index (κ1) is 21.5. The molecule has 1 amide bonds. The van der Waals surface area contributed by atoms with Gasteiger partial charge in [0, 0.05) is 49.9 Å². The van der Waals surface area contributed by atoms with Crippen molar-refractivity contribution in [2.45, 2.75) is 32.4 Å². The van der Waals surface area contributed by atoms with Gasteiger partial charge in [-0.25, -0.2) is 0 Å². The first-order valence-corrected chi connectivity index (χ1v) is 11.0. The number of nitrogens with one attached hydrogen (secondary N) is 1. The number of carbonyl (C=O) groups excluding carboxylic acids is 2. The lowest BCUT2D eigenvalue weighted by Gasteiger charge is -2.36. The van der Waals surface area contributed by atoms with E-state index < -0.39 is 6.10 Å². The number of amides is 1. The van der Waals surface area contributed by atoms with Crippen LogP contribution >= 0.6 is 0 Å². The zero-order chi connectivity index (χ0) is 22.0. The summed E-state index contributed by atoms with van der Waals surface area (Å²) in [6.07, 6.45) is 0.896. The van der Waals surface area contributed by atoms with Gasteiger partial charge in [0.15, 0.2) is 0 Å². The first-order valence-electron chi connectivity index (χ1n) is 11.0. The highest BCUT2D eigenvalue weighted by Crippen LogP contribution is 2.29. The number of piperazine rings is 1. The highest BCUT2D eigenvalue weighted by molar-refractivity contribution is 5.94. The molecule has 6 heteroatoms. The third-order valence-electron chi connectivity index (χ3n) is 6.45. The molecule has 0 aliphatic carbocycles. The molecule has 2 saturated heterocycles. The SMILES string of the molecule is Cc1cc(C)cc(N2CCN(C(=O)c3ccc(C(O)C4CNC(C=O)C4)cc3)CC2)c1. The van der Waals surface area contributed by atoms with E-state index >= 15 is 0 Å². The molecule has 0 spiro atoms. The van der Waals surface area contributed by atoms with E-state index in [0.29, 0.717) is 31.6 Å². The summed E-state index contributed by atoms with van der Waals surface area (Å²) in [5, 5.41) is 13.7. The number of rotatable bonds is 5. The topological polar surface area (TPSA) is 72.9 Å². The lowest BCUT2D eigenvalue weighted by atomic mass is 9.93. The van der Waals surface area contributed by atoms with Crippen molar-refractivity contribution in [3.8, 4) is 0 Å². The van der Waals surface area contributed by atoms with Crippen molar-refractivity contribution in [2.75, 3.05) is 37.6 Å². The van der Waals surface area contributed by atoms with Crippen LogP contribution in [0.2, 0.25) is 0 Å². The van der Waals surface area contributed by atoms with Crippen molar-refractivity contribution >= 4 is 17.9 Å². The molecule has 0 aromatic heterocycles. The fourth-order valence-corrected chi connectivity index (χ4v) is 4.72. The first-order chi connectivity index (χ1) is 14.9. The van der Waals surface area contributed by atoms with Gasteiger partial charge in [-0.1, -0.05) is 18.2 Å². The maximum Gasteiger partial charge on any atom is 0.253 e. The summed E-state index contributed by atoms with van der Waals surface area (Å²) in [6.45, 7) is 7.86. The van der Waals surface area contributed by atoms with Crippen LogP contribution in [-0.4, -0.2) is 61.0 Å². The Bertz CT molecular complexity index is 915. The summed E-state index contributed by atoms with van der Waals surface area (Å²) in [4.78, 5) is 28.1. The predicted octanol–water partition coefficient (Wildman–Crippen LogP) is 2.48. The normalized spacial score (nSPS) is 22.4. The van der Waals surface area contributed by atoms with Crippen LogP contribution in [0.25, 0.3) is 0 Å². The molecule has 2 fully saturated rings. The number of nitrogens with zero attached hydrogens (tertiary/aromatic N) is 2. The highest BCUT2D eigenvalue weighted by Gasteiger charge is 2.30. The summed E-state index contributed by atoms with van der Waals surface area (Å²) >= 11 is 0. The van der Waals surface area contributed by atoms with Gasteiger partial charge in [-0.3, -0.25) is 4.79 Å². The van der Waals surface area contributed by atoms with Gasteiger partial charge < -0.3 is 25.0 Å². The standard InChI is InChI=1S/C25H31N3O3/c1-17-11-18(2)13-23(12-17)27-7-9-28(10-8-27)25(31)20-5-3-19(4-6-20)24(30)21-14-22(16-29)26-15-21/h3-6,11-13,16,21-22,24,26,30H,7-10,14-15H2,1-2H3. The van der Waals surface area contributed by atoms with Gasteiger partial charge in [0.2, 0.25) is 0 Å². The summed E-state index contributed by atoms with van der Waals surface area (Å²) < 4.78 is 0. The van der Waals surface area contributed by atoms with E-state index in [1.165, 1.54) is 16.8 Å². The van der Waals surface area contributed by atoms with Crippen LogP contribution in [0.5, 0.6) is 0 Å². The summed E-state index contributed by atoms with van der Waals surface area (Å²) in [5.41, 5.74) is 5.17. The fourth-order valence-electron chi connectivity index (χ4n) is 4.72. The minimum atomic E-state index is -0.636. The number of hydrogen-bond acceptors (Lipinski definition) is 5. The van der Waals surface area contributed by atoms with Crippen molar-refractivity contribution in [3.63, 3.8) is 0 Å². The lowest BCUT2D eigenvalue weighted by Crippen LogP contribution is -2.48. The molecule has 3 atom stereocenters. The monoisotopic (exact) mass is 421 g/mol. The number of aliphatic hydroxyl groups is 1. The van der Waals surface area contributed by atoms with Gasteiger partial charge in [-0.05, 0) is 61.2 Å². The van der Waals surface area contributed by atoms with E-state index in [1.54, 1.807) is 12.1 Å². The number of benzene rings is 2. The number of aldehydes is 1. The molecule has 4 rings (SSSR count). The number of aryl methyl sites for hydroxylation is 2. The van der Waals surface area contributed by atoms with E-state index in [0.717, 1.165) is 24.9 Å². The molecule has 2 heterocycles. The predicted molar refractivity (Wildman–Crippen MR) is 121 cm³/mol. The van der Waals surface area contributed by atoms with Crippen molar-refractivity contribution < 1.29 is 14.7 Å². The van der Waals surface area contributed by atoms with Crippen molar-refractivity contribution in [1.29, 1.82) is 0 Å². The number of aliphatic hydroxyl groups excluding tert-OH is 1.